The van der Waals surface area contributed by atoms with E-state index >= 15 is 0 Å². The second kappa shape index (κ2) is 13.1. The summed E-state index contributed by atoms with van der Waals surface area (Å²) in [6.45, 7) is 19.1. The highest BCUT2D eigenvalue weighted by atomic mass is 16.2. The summed E-state index contributed by atoms with van der Waals surface area (Å²) in [7, 11) is 1.57. The minimum Gasteiger partial charge on any atom is -0.346 e. The number of Topliss-reactive ketones (excluding diaryl/α,β-unsaturated/α-hetero) is 1. The van der Waals surface area contributed by atoms with Crippen molar-refractivity contribution in [2.45, 2.75) is 92.4 Å². The number of nitrogens with zero attached hydrogens (tertiary/aromatic N) is 3. The van der Waals surface area contributed by atoms with Crippen molar-refractivity contribution in [1.29, 1.82) is 0 Å². The number of hydrogen-bond donors (Lipinski definition) is 4. The van der Waals surface area contributed by atoms with Gasteiger partial charge in [-0.05, 0) is 46.8 Å². The zero-order chi connectivity index (χ0) is 36.1. The van der Waals surface area contributed by atoms with Crippen LogP contribution in [0.4, 0.5) is 9.59 Å². The fraction of sp³-hybridized carbons (Fsp3) is 0.735. The van der Waals surface area contributed by atoms with Crippen LogP contribution in [0.25, 0.3) is 0 Å². The van der Waals surface area contributed by atoms with Crippen LogP contribution in [-0.4, -0.2) is 114 Å². The lowest BCUT2D eigenvalue weighted by Gasteiger charge is -2.42. The maximum absolute atomic E-state index is 14.4. The maximum Gasteiger partial charge on any atom is 0.324 e. The van der Waals surface area contributed by atoms with Crippen molar-refractivity contribution in [1.82, 2.24) is 36.0 Å². The van der Waals surface area contributed by atoms with Gasteiger partial charge in [0.25, 0.3) is 5.91 Å². The van der Waals surface area contributed by atoms with Crippen LogP contribution in [0.3, 0.4) is 0 Å². The minimum absolute atomic E-state index is 0.0223. The molecule has 0 aromatic carbocycles. The van der Waals surface area contributed by atoms with Crippen LogP contribution < -0.4 is 21.3 Å². The molecule has 266 valence electrons. The van der Waals surface area contributed by atoms with E-state index in [1.807, 2.05) is 55.4 Å². The number of fused-ring (bicyclic) bond motifs is 1. The molecule has 0 bridgehead atoms. The van der Waals surface area contributed by atoms with Gasteiger partial charge in [0, 0.05) is 20.1 Å². The lowest BCUT2D eigenvalue weighted by molar-refractivity contribution is -0.145. The highest BCUT2D eigenvalue weighted by Gasteiger charge is 2.70. The molecule has 4 rings (SSSR count). The number of piperidine rings is 1. The minimum atomic E-state index is -1.04. The Morgan fingerprint density at radius 3 is 2.17 bits per heavy atom. The number of carbonyl (C=O) groups excluding carboxylic acids is 7. The molecule has 2 saturated carbocycles. The number of amides is 8. The first kappa shape index (κ1) is 36.9. The second-order valence-corrected chi connectivity index (χ2v) is 16.5. The SMILES string of the molecule is C=CCNC(=O)C(=O)C(NC(=O)[C@@H]1[C@@H]2[C@H](CN1C(=O)[C@@H](NC(=O)N(C)[C@H](CN1C(=O)CNC1=O)C(C)(C)C)C(C)(C)C)C2(C)C)C1CC1. The normalized spacial score (nSPS) is 24.9. The van der Waals surface area contributed by atoms with Gasteiger partial charge in [0.2, 0.25) is 23.5 Å². The number of imide groups is 1. The molecule has 14 nitrogen and oxygen atoms in total. The van der Waals surface area contributed by atoms with Gasteiger partial charge >= 0.3 is 12.1 Å². The van der Waals surface area contributed by atoms with Crippen molar-refractivity contribution in [3.63, 3.8) is 0 Å². The molecule has 2 aliphatic heterocycles. The number of nitrogens with one attached hydrogen (secondary N) is 4. The average Bonchev–Trinajstić information content (AvgIpc) is 3.82. The van der Waals surface area contributed by atoms with Gasteiger partial charge in [-0.3, -0.25) is 28.9 Å². The van der Waals surface area contributed by atoms with Gasteiger partial charge in [-0.15, -0.1) is 6.58 Å². The van der Waals surface area contributed by atoms with Gasteiger partial charge in [-0.2, -0.15) is 0 Å². The second-order valence-electron chi connectivity index (χ2n) is 16.5. The standard InChI is InChI=1S/C34H53N7O7/c1-11-14-35-28(45)25(43)23(18-12-13-18)37-27(44)24-22-19(34(22,8)9)16-41(24)29(46)26(33(5,6)7)38-31(48)39(10)20(32(2,3)4)17-40-21(42)15-36-30(40)47/h11,18-20,22-24,26H,1,12-17H2,2-10H3,(H,35,45)(H,36,47)(H,37,44)(H,38,48)/t19-,20+,22-,23?,24-,26+/m0/s1. The number of urea groups is 2. The Hall–Kier alpha value is -3.97. The summed E-state index contributed by atoms with van der Waals surface area (Å²) in [5, 5.41) is 10.7. The molecule has 4 aliphatic rings. The summed E-state index contributed by atoms with van der Waals surface area (Å²) < 4.78 is 0. The zero-order valence-corrected chi connectivity index (χ0v) is 29.8. The molecule has 2 aliphatic carbocycles. The van der Waals surface area contributed by atoms with Crippen LogP contribution in [0.15, 0.2) is 12.7 Å². The molecule has 8 amide bonds. The van der Waals surface area contributed by atoms with E-state index in [9.17, 15) is 33.6 Å². The van der Waals surface area contributed by atoms with E-state index in [0.717, 1.165) is 4.90 Å². The molecule has 0 spiro atoms. The molecular weight excluding hydrogens is 618 g/mol. The summed E-state index contributed by atoms with van der Waals surface area (Å²) in [5.74, 6) is -3.06. The lowest BCUT2D eigenvalue weighted by Crippen LogP contribution is -2.63. The van der Waals surface area contributed by atoms with Crippen molar-refractivity contribution >= 4 is 41.5 Å². The van der Waals surface area contributed by atoms with Crippen molar-refractivity contribution in [2.75, 3.05) is 33.2 Å². The smallest absolute Gasteiger partial charge is 0.324 e. The van der Waals surface area contributed by atoms with Crippen molar-refractivity contribution in [2.24, 2.45) is 34.0 Å². The summed E-state index contributed by atoms with van der Waals surface area (Å²) in [6, 6.07) is -4.58. The van der Waals surface area contributed by atoms with Gasteiger partial charge in [0.1, 0.15) is 18.1 Å². The van der Waals surface area contributed by atoms with Gasteiger partial charge < -0.3 is 31.1 Å². The van der Waals surface area contributed by atoms with Gasteiger partial charge in [-0.1, -0.05) is 61.5 Å². The van der Waals surface area contributed by atoms with Gasteiger partial charge in [0.15, 0.2) is 0 Å². The van der Waals surface area contributed by atoms with E-state index < -0.39 is 70.6 Å². The topological polar surface area (TPSA) is 177 Å². The van der Waals surface area contributed by atoms with Crippen LogP contribution in [0, 0.1) is 34.0 Å². The molecule has 2 saturated heterocycles. The van der Waals surface area contributed by atoms with Crippen LogP contribution in [-0.2, 0) is 24.0 Å². The Balaban J connectivity index is 1.55. The number of ketones is 1. The van der Waals surface area contributed by atoms with E-state index in [1.54, 1.807) is 7.05 Å². The largest absolute Gasteiger partial charge is 0.346 e. The monoisotopic (exact) mass is 671 g/mol. The predicted octanol–water partition coefficient (Wildman–Crippen LogP) is 1.26. The highest BCUT2D eigenvalue weighted by Crippen LogP contribution is 2.65. The molecule has 14 heteroatoms. The summed E-state index contributed by atoms with van der Waals surface area (Å²) >= 11 is 0. The van der Waals surface area contributed by atoms with Crippen LogP contribution in [0.5, 0.6) is 0 Å². The van der Waals surface area contributed by atoms with Crippen molar-refractivity contribution in [3.8, 4) is 0 Å². The summed E-state index contributed by atoms with van der Waals surface area (Å²) in [4.78, 5) is 96.6. The quantitative estimate of drug-likeness (QED) is 0.137. The van der Waals surface area contributed by atoms with Gasteiger partial charge in [-0.25, -0.2) is 9.59 Å². The van der Waals surface area contributed by atoms with Crippen LogP contribution >= 0.6 is 0 Å². The summed E-state index contributed by atoms with van der Waals surface area (Å²) in [6.07, 6.45) is 2.87. The molecule has 0 radical (unpaired) electrons. The Bertz CT molecular complexity index is 1360. The molecular formula is C34H53N7O7. The van der Waals surface area contributed by atoms with Crippen LogP contribution in [0.2, 0.25) is 0 Å². The first-order valence-electron chi connectivity index (χ1n) is 16.8. The molecule has 0 aromatic rings. The fourth-order valence-electron chi connectivity index (χ4n) is 7.24. The summed E-state index contributed by atoms with van der Waals surface area (Å²) in [5.41, 5.74) is -1.52. The Morgan fingerprint density at radius 1 is 1.04 bits per heavy atom. The zero-order valence-electron chi connectivity index (χ0n) is 29.8. The molecule has 6 atom stereocenters. The fourth-order valence-corrected chi connectivity index (χ4v) is 7.24. The van der Waals surface area contributed by atoms with E-state index in [4.69, 9.17) is 0 Å². The van der Waals surface area contributed by atoms with E-state index in [2.05, 4.69) is 27.8 Å². The maximum atomic E-state index is 14.4. The van der Waals surface area contributed by atoms with E-state index in [1.165, 1.54) is 15.9 Å². The molecule has 0 aromatic heterocycles. The number of carbonyl (C=O) groups is 7. The van der Waals surface area contributed by atoms with E-state index in [0.29, 0.717) is 19.4 Å². The molecule has 1 unspecified atom stereocenters. The molecule has 4 fully saturated rings. The predicted molar refractivity (Wildman–Crippen MR) is 177 cm³/mol. The third-order valence-corrected chi connectivity index (χ3v) is 10.5. The van der Waals surface area contributed by atoms with Crippen LogP contribution in [0.1, 0.15) is 68.2 Å². The Morgan fingerprint density at radius 2 is 1.67 bits per heavy atom. The van der Waals surface area contributed by atoms with Gasteiger partial charge in [0.05, 0.1) is 19.1 Å². The van der Waals surface area contributed by atoms with Crippen molar-refractivity contribution in [3.05, 3.63) is 12.7 Å². The number of likely N-dealkylation sites (tertiary alicyclic amines) is 1. The third kappa shape index (κ3) is 7.36. The van der Waals surface area contributed by atoms with E-state index in [-0.39, 0.29) is 48.7 Å². The number of rotatable bonds is 12. The van der Waals surface area contributed by atoms with Crippen molar-refractivity contribution < 1.29 is 33.6 Å². The Kier molecular flexibility index (Phi) is 10.1. The first-order chi connectivity index (χ1) is 22.1. The first-order valence-corrected chi connectivity index (χ1v) is 16.8. The molecule has 48 heavy (non-hydrogen) atoms. The third-order valence-electron chi connectivity index (χ3n) is 10.5. The highest BCUT2D eigenvalue weighted by molar-refractivity contribution is 6.38. The average molecular weight is 672 g/mol. The number of hydrogen-bond acceptors (Lipinski definition) is 7. The lowest BCUT2D eigenvalue weighted by atomic mass is 9.84. The Labute approximate surface area is 283 Å². The molecule has 2 heterocycles. The molecule has 4 N–H and O–H groups in total. The number of likely N-dealkylation sites (N-methyl/N-ethyl adjacent to an activating group) is 1.